The lowest BCUT2D eigenvalue weighted by Crippen LogP contribution is -2.22. The van der Waals surface area contributed by atoms with Gasteiger partial charge in [0.15, 0.2) is 10.7 Å². The van der Waals surface area contributed by atoms with Crippen molar-refractivity contribution in [3.8, 4) is 22.9 Å². The van der Waals surface area contributed by atoms with Crippen LogP contribution in [-0.2, 0) is 15.4 Å². The van der Waals surface area contributed by atoms with E-state index in [1.807, 2.05) is 52.0 Å². The molecule has 2 heterocycles. The van der Waals surface area contributed by atoms with Crippen LogP contribution in [0.3, 0.4) is 0 Å². The van der Waals surface area contributed by atoms with Crippen LogP contribution < -0.4 is 19.5 Å². The molecule has 3 N–H and O–H groups in total. The number of nitrogens with one attached hydrogen (secondary N) is 2. The summed E-state index contributed by atoms with van der Waals surface area (Å²) in [5.41, 5.74) is 3.11. The average Bonchev–Trinajstić information content (AvgIpc) is 2.95. The third-order valence-electron chi connectivity index (χ3n) is 6.09. The van der Waals surface area contributed by atoms with Gasteiger partial charge in [0.05, 0.1) is 16.8 Å². The quantitative estimate of drug-likeness (QED) is 0.179. The zero-order valence-electron chi connectivity index (χ0n) is 23.8. The number of hydrogen-bond donors (Lipinski definition) is 3. The summed E-state index contributed by atoms with van der Waals surface area (Å²) in [7, 11) is -4.28. The van der Waals surface area contributed by atoms with E-state index in [9.17, 15) is 13.5 Å². The van der Waals surface area contributed by atoms with Crippen molar-refractivity contribution in [1.29, 1.82) is 0 Å². The van der Waals surface area contributed by atoms with Crippen molar-refractivity contribution < 1.29 is 23.0 Å². The Balaban J connectivity index is 1.72. The first-order chi connectivity index (χ1) is 20.0. The van der Waals surface area contributed by atoms with Crippen molar-refractivity contribution in [1.82, 2.24) is 19.9 Å². The molecule has 13 heteroatoms. The van der Waals surface area contributed by atoms with E-state index in [4.69, 9.17) is 9.47 Å². The van der Waals surface area contributed by atoms with Gasteiger partial charge < -0.3 is 19.9 Å². The Hall–Kier alpha value is -3.81. The summed E-state index contributed by atoms with van der Waals surface area (Å²) in [6.07, 6.45) is 5.96. The minimum Gasteiger partial charge on any atom is -0.488 e. The van der Waals surface area contributed by atoms with Gasteiger partial charge in [-0.05, 0) is 51.5 Å². The highest BCUT2D eigenvalue weighted by Crippen LogP contribution is 2.39. The van der Waals surface area contributed by atoms with Crippen LogP contribution in [0.5, 0.6) is 11.8 Å². The standard InChI is InChI=1S/C29H33BrN6O5S/c1-19-5-7-20(8-6-19)23-17-31-18-35-27(23)36-42(38,39)26-24(32-9-10-37)13-21(29(2,3)4)14-25(26)40-11-12-41-28-33-15-22(30)16-34-28/h5-8,13-18,32,37H,9-12H2,1-4H3,(H,31,35,36). The number of sulfonamides is 1. The van der Waals surface area contributed by atoms with Crippen molar-refractivity contribution in [3.63, 3.8) is 0 Å². The second kappa shape index (κ2) is 13.4. The molecule has 0 unspecified atom stereocenters. The number of rotatable bonds is 12. The number of aliphatic hydroxyl groups excluding tert-OH is 1. The lowest BCUT2D eigenvalue weighted by Gasteiger charge is -2.25. The van der Waals surface area contributed by atoms with Crippen molar-refractivity contribution in [2.75, 3.05) is 36.4 Å². The molecule has 0 fully saturated rings. The Bertz CT molecular complexity index is 1610. The van der Waals surface area contributed by atoms with Crippen LogP contribution in [0.4, 0.5) is 11.5 Å². The second-order valence-electron chi connectivity index (χ2n) is 10.4. The summed E-state index contributed by atoms with van der Waals surface area (Å²) < 4.78 is 43.1. The molecule has 0 aliphatic rings. The van der Waals surface area contributed by atoms with Gasteiger partial charge in [-0.25, -0.2) is 28.4 Å². The number of nitrogens with zero attached hydrogens (tertiary/aromatic N) is 4. The van der Waals surface area contributed by atoms with Gasteiger partial charge in [-0.3, -0.25) is 4.72 Å². The molecule has 0 radical (unpaired) electrons. The fourth-order valence-corrected chi connectivity index (χ4v) is 5.46. The Morgan fingerprint density at radius 3 is 2.33 bits per heavy atom. The van der Waals surface area contributed by atoms with E-state index in [0.717, 1.165) is 16.7 Å². The lowest BCUT2D eigenvalue weighted by molar-refractivity contribution is 0.203. The Kier molecular flexibility index (Phi) is 9.97. The van der Waals surface area contributed by atoms with Crippen LogP contribution in [0.15, 0.2) is 70.7 Å². The maximum atomic E-state index is 14.1. The number of hydrogen-bond acceptors (Lipinski definition) is 10. The number of benzene rings is 2. The van der Waals surface area contributed by atoms with Crippen LogP contribution in [0, 0.1) is 6.92 Å². The molecule has 0 saturated carbocycles. The van der Waals surface area contributed by atoms with Crippen molar-refractivity contribution >= 4 is 37.5 Å². The van der Waals surface area contributed by atoms with E-state index in [2.05, 4.69) is 45.9 Å². The summed E-state index contributed by atoms with van der Waals surface area (Å²) in [6, 6.07) is 11.2. The minimum atomic E-state index is -4.28. The van der Waals surface area contributed by atoms with E-state index in [0.29, 0.717) is 10.0 Å². The highest BCUT2D eigenvalue weighted by atomic mass is 79.9. The summed E-state index contributed by atoms with van der Waals surface area (Å²) in [5, 5.41) is 12.6. The minimum absolute atomic E-state index is 0.0110. The van der Waals surface area contributed by atoms with Gasteiger partial charge >= 0.3 is 6.01 Å². The molecular formula is C29H33BrN6O5S. The molecule has 222 valence electrons. The lowest BCUT2D eigenvalue weighted by atomic mass is 9.86. The van der Waals surface area contributed by atoms with Crippen molar-refractivity contribution in [2.45, 2.75) is 38.0 Å². The fraction of sp³-hybridized carbons (Fsp3) is 0.310. The third-order valence-corrected chi connectivity index (χ3v) is 7.92. The highest BCUT2D eigenvalue weighted by Gasteiger charge is 2.29. The SMILES string of the molecule is Cc1ccc(-c2cncnc2NS(=O)(=O)c2c(NCCO)cc(C(C)(C)C)cc2OCCOc2ncc(Br)cn2)cc1. The molecule has 0 atom stereocenters. The van der Waals surface area contributed by atoms with Gasteiger partial charge in [0.25, 0.3) is 10.0 Å². The van der Waals surface area contributed by atoms with Crippen LogP contribution in [-0.4, -0.2) is 59.8 Å². The van der Waals surface area contributed by atoms with E-state index >= 15 is 0 Å². The van der Waals surface area contributed by atoms with Gasteiger partial charge in [-0.1, -0.05) is 50.6 Å². The van der Waals surface area contributed by atoms with Crippen LogP contribution >= 0.6 is 15.9 Å². The molecule has 0 amide bonds. The van der Waals surface area contributed by atoms with Gasteiger partial charge in [0.2, 0.25) is 0 Å². The number of anilines is 2. The molecule has 2 aromatic heterocycles. The summed E-state index contributed by atoms with van der Waals surface area (Å²) in [5.74, 6) is 0.227. The molecule has 4 aromatic rings. The maximum Gasteiger partial charge on any atom is 0.316 e. The van der Waals surface area contributed by atoms with Crippen LogP contribution in [0.25, 0.3) is 11.1 Å². The Labute approximate surface area is 254 Å². The number of halogens is 1. The van der Waals surface area contributed by atoms with Gasteiger partial charge in [0, 0.05) is 30.7 Å². The Morgan fingerprint density at radius 2 is 1.67 bits per heavy atom. The van der Waals surface area contributed by atoms with Crippen molar-refractivity contribution in [3.05, 3.63) is 76.9 Å². The molecule has 0 spiro atoms. The molecule has 0 bridgehead atoms. The number of ether oxygens (including phenoxy) is 2. The molecule has 0 aliphatic heterocycles. The monoisotopic (exact) mass is 656 g/mol. The highest BCUT2D eigenvalue weighted by molar-refractivity contribution is 9.10. The van der Waals surface area contributed by atoms with Gasteiger partial charge in [-0.15, -0.1) is 0 Å². The first-order valence-corrected chi connectivity index (χ1v) is 15.4. The number of aromatic nitrogens is 4. The smallest absolute Gasteiger partial charge is 0.316 e. The normalized spacial score (nSPS) is 11.7. The molecule has 0 saturated heterocycles. The van der Waals surface area contributed by atoms with Crippen LogP contribution in [0.2, 0.25) is 0 Å². The van der Waals surface area contributed by atoms with Gasteiger partial charge in [0.1, 0.15) is 25.3 Å². The predicted octanol–water partition coefficient (Wildman–Crippen LogP) is 4.96. The molecule has 0 aliphatic carbocycles. The molecule has 2 aromatic carbocycles. The average molecular weight is 658 g/mol. The van der Waals surface area contributed by atoms with E-state index < -0.39 is 10.0 Å². The molecule has 11 nitrogen and oxygen atoms in total. The third kappa shape index (κ3) is 7.93. The molecule has 4 rings (SSSR count). The Morgan fingerprint density at radius 1 is 0.976 bits per heavy atom. The fourth-order valence-electron chi connectivity index (χ4n) is 3.93. The molecular weight excluding hydrogens is 624 g/mol. The summed E-state index contributed by atoms with van der Waals surface area (Å²) in [4.78, 5) is 16.4. The zero-order chi connectivity index (χ0) is 30.3. The summed E-state index contributed by atoms with van der Waals surface area (Å²) in [6.45, 7) is 8.00. The van der Waals surface area contributed by atoms with Crippen LogP contribution in [0.1, 0.15) is 31.9 Å². The maximum absolute atomic E-state index is 14.1. The van der Waals surface area contributed by atoms with Crippen molar-refractivity contribution in [2.24, 2.45) is 0 Å². The number of aliphatic hydroxyl groups is 1. The summed E-state index contributed by atoms with van der Waals surface area (Å²) >= 11 is 3.28. The van der Waals surface area contributed by atoms with E-state index in [1.165, 1.54) is 6.33 Å². The van der Waals surface area contributed by atoms with E-state index in [-0.39, 0.29) is 59.9 Å². The first kappa shape index (κ1) is 31.1. The van der Waals surface area contributed by atoms with Gasteiger partial charge in [-0.2, -0.15) is 0 Å². The second-order valence-corrected chi connectivity index (χ2v) is 12.9. The predicted molar refractivity (Wildman–Crippen MR) is 164 cm³/mol. The first-order valence-electron chi connectivity index (χ1n) is 13.1. The largest absolute Gasteiger partial charge is 0.488 e. The number of aryl methyl sites for hydroxylation is 1. The topological polar surface area (TPSA) is 148 Å². The zero-order valence-corrected chi connectivity index (χ0v) is 26.2. The molecule has 42 heavy (non-hydrogen) atoms. The van der Waals surface area contributed by atoms with E-state index in [1.54, 1.807) is 30.7 Å².